The number of carbonyl (C=O) groups is 1. The molecule has 18 heavy (non-hydrogen) atoms. The number of carbonyl (C=O) groups excluding carboxylic acids is 1. The van der Waals surface area contributed by atoms with Crippen LogP contribution in [-0.4, -0.2) is 32.3 Å². The summed E-state index contributed by atoms with van der Waals surface area (Å²) in [6.45, 7) is 1.28. The molecule has 6 heteroatoms. The van der Waals surface area contributed by atoms with Crippen molar-refractivity contribution in [1.82, 2.24) is 0 Å². The first-order chi connectivity index (χ1) is 8.61. The molecule has 0 unspecified atom stereocenters. The van der Waals surface area contributed by atoms with Gasteiger partial charge < -0.3 is 20.5 Å². The van der Waals surface area contributed by atoms with Crippen LogP contribution in [0.1, 0.15) is 16.8 Å². The first-order valence-electron chi connectivity index (χ1n) is 5.64. The Morgan fingerprint density at radius 1 is 1.67 bits per heavy atom. The number of anilines is 2. The smallest absolute Gasteiger partial charge is 0.338 e. The van der Waals surface area contributed by atoms with Gasteiger partial charge in [-0.15, -0.1) is 0 Å². The summed E-state index contributed by atoms with van der Waals surface area (Å²) in [5.41, 5.74) is 6.10. The summed E-state index contributed by atoms with van der Waals surface area (Å²) in [6, 6.07) is 2.54. The molecule has 1 aromatic rings. The fourth-order valence-electron chi connectivity index (χ4n) is 1.67. The second-order valence-corrected chi connectivity index (χ2v) is 4.07. The molecule has 1 saturated heterocycles. The molecule has 1 fully saturated rings. The maximum absolute atomic E-state index is 13.6. The van der Waals surface area contributed by atoms with Crippen molar-refractivity contribution in [3.63, 3.8) is 0 Å². The molecule has 0 bridgehead atoms. The maximum Gasteiger partial charge on any atom is 0.338 e. The number of hydrogen-bond acceptors (Lipinski definition) is 5. The van der Waals surface area contributed by atoms with Crippen LogP contribution in [0.4, 0.5) is 15.8 Å². The number of esters is 1. The lowest BCUT2D eigenvalue weighted by Crippen LogP contribution is -2.33. The summed E-state index contributed by atoms with van der Waals surface area (Å²) in [7, 11) is 1.24. The molecule has 98 valence electrons. The van der Waals surface area contributed by atoms with Gasteiger partial charge in [0.25, 0.3) is 0 Å². The van der Waals surface area contributed by atoms with E-state index in [0.29, 0.717) is 12.2 Å². The molecule has 2 rings (SSSR count). The van der Waals surface area contributed by atoms with E-state index in [1.54, 1.807) is 0 Å². The van der Waals surface area contributed by atoms with Crippen molar-refractivity contribution in [3.8, 4) is 0 Å². The minimum Gasteiger partial charge on any atom is -0.465 e. The molecule has 3 N–H and O–H groups in total. The van der Waals surface area contributed by atoms with E-state index < -0.39 is 11.8 Å². The largest absolute Gasteiger partial charge is 0.465 e. The highest BCUT2D eigenvalue weighted by Crippen LogP contribution is 2.25. The summed E-state index contributed by atoms with van der Waals surface area (Å²) in [5, 5.41) is 2.98. The quantitative estimate of drug-likeness (QED) is 0.627. The molecule has 1 aliphatic rings. The van der Waals surface area contributed by atoms with Crippen molar-refractivity contribution in [2.24, 2.45) is 0 Å². The van der Waals surface area contributed by atoms with Gasteiger partial charge in [0.1, 0.15) is 5.82 Å². The second kappa shape index (κ2) is 5.22. The molecule has 1 aliphatic heterocycles. The Hall–Kier alpha value is -1.82. The predicted octanol–water partition coefficient (Wildman–Crippen LogP) is 1.40. The average Bonchev–Trinajstić information content (AvgIpc) is 2.31. The molecule has 0 aliphatic carbocycles. The fraction of sp³-hybridized carbons (Fsp3) is 0.417. The average molecular weight is 254 g/mol. The molecule has 0 saturated carbocycles. The Bertz CT molecular complexity index is 461. The van der Waals surface area contributed by atoms with E-state index >= 15 is 0 Å². The van der Waals surface area contributed by atoms with Gasteiger partial charge in [0.2, 0.25) is 0 Å². The number of nitrogens with two attached hydrogens (primary N) is 1. The van der Waals surface area contributed by atoms with Crippen LogP contribution < -0.4 is 11.1 Å². The van der Waals surface area contributed by atoms with Gasteiger partial charge in [-0.25, -0.2) is 9.18 Å². The molecular formula is C12H15FN2O3. The Kier molecular flexibility index (Phi) is 3.66. The topological polar surface area (TPSA) is 73.6 Å². The van der Waals surface area contributed by atoms with Gasteiger partial charge in [-0.05, 0) is 18.6 Å². The zero-order valence-electron chi connectivity index (χ0n) is 10.0. The van der Waals surface area contributed by atoms with E-state index in [9.17, 15) is 9.18 Å². The van der Waals surface area contributed by atoms with E-state index in [1.165, 1.54) is 13.2 Å². The molecule has 0 aromatic heterocycles. The van der Waals surface area contributed by atoms with Gasteiger partial charge in [-0.3, -0.25) is 0 Å². The summed E-state index contributed by atoms with van der Waals surface area (Å²) >= 11 is 0. The number of nitrogens with one attached hydrogen (secondary N) is 1. The van der Waals surface area contributed by atoms with Crippen molar-refractivity contribution in [2.45, 2.75) is 12.5 Å². The van der Waals surface area contributed by atoms with Crippen LogP contribution in [-0.2, 0) is 9.47 Å². The second-order valence-electron chi connectivity index (χ2n) is 4.07. The SMILES string of the molecule is COC(=O)c1cc(F)c(N)c(NC[C@@H]2CCO2)c1. The molecule has 1 atom stereocenters. The normalized spacial score (nSPS) is 18.0. The van der Waals surface area contributed by atoms with Crippen LogP contribution in [0.3, 0.4) is 0 Å². The first-order valence-corrected chi connectivity index (χ1v) is 5.64. The molecule has 1 aromatic carbocycles. The van der Waals surface area contributed by atoms with Crippen molar-refractivity contribution >= 4 is 17.3 Å². The van der Waals surface area contributed by atoms with Crippen LogP contribution >= 0.6 is 0 Å². The van der Waals surface area contributed by atoms with Crippen LogP contribution in [0, 0.1) is 5.82 Å². The number of hydrogen-bond donors (Lipinski definition) is 2. The summed E-state index contributed by atoms with van der Waals surface area (Å²) in [5.74, 6) is -1.24. The lowest BCUT2D eigenvalue weighted by atomic mass is 10.1. The van der Waals surface area contributed by atoms with E-state index in [-0.39, 0.29) is 17.4 Å². The number of nitrogen functional groups attached to an aromatic ring is 1. The number of halogens is 1. The van der Waals surface area contributed by atoms with Gasteiger partial charge in [0, 0.05) is 13.2 Å². The highest BCUT2D eigenvalue weighted by molar-refractivity contribution is 5.92. The maximum atomic E-state index is 13.6. The summed E-state index contributed by atoms with van der Waals surface area (Å²) < 4.78 is 23.3. The Morgan fingerprint density at radius 2 is 2.39 bits per heavy atom. The molecule has 0 spiro atoms. The van der Waals surface area contributed by atoms with Crippen LogP contribution in [0.2, 0.25) is 0 Å². The Labute approximate surface area is 104 Å². The van der Waals surface area contributed by atoms with E-state index in [1.807, 2.05) is 0 Å². The zero-order chi connectivity index (χ0) is 13.1. The van der Waals surface area contributed by atoms with Crippen molar-refractivity contribution in [1.29, 1.82) is 0 Å². The lowest BCUT2D eigenvalue weighted by molar-refractivity contribution is -0.0410. The van der Waals surface area contributed by atoms with Gasteiger partial charge in [0.05, 0.1) is 30.2 Å². The standard InChI is InChI=1S/C12H15FN2O3/c1-17-12(16)7-4-9(13)11(14)10(5-7)15-6-8-2-3-18-8/h4-5,8,15H,2-3,6,14H2,1H3/t8-/m0/s1. The zero-order valence-corrected chi connectivity index (χ0v) is 10.0. The molecule has 1 heterocycles. The minimum absolute atomic E-state index is 0.0121. The van der Waals surface area contributed by atoms with Crippen LogP contribution in [0.15, 0.2) is 12.1 Å². The highest BCUT2D eigenvalue weighted by Gasteiger charge is 2.19. The molecule has 5 nitrogen and oxygen atoms in total. The van der Waals surface area contributed by atoms with Crippen LogP contribution in [0.5, 0.6) is 0 Å². The Morgan fingerprint density at radius 3 is 2.94 bits per heavy atom. The third kappa shape index (κ3) is 2.53. The Balaban J connectivity index is 2.15. The van der Waals surface area contributed by atoms with Gasteiger partial charge in [-0.2, -0.15) is 0 Å². The third-order valence-electron chi connectivity index (χ3n) is 2.86. The van der Waals surface area contributed by atoms with Gasteiger partial charge in [0.15, 0.2) is 0 Å². The van der Waals surface area contributed by atoms with E-state index in [0.717, 1.165) is 19.1 Å². The van der Waals surface area contributed by atoms with Crippen molar-refractivity contribution < 1.29 is 18.7 Å². The lowest BCUT2D eigenvalue weighted by Gasteiger charge is -2.27. The highest BCUT2D eigenvalue weighted by atomic mass is 19.1. The number of rotatable bonds is 4. The van der Waals surface area contributed by atoms with Crippen molar-refractivity contribution in [3.05, 3.63) is 23.5 Å². The minimum atomic E-state index is -0.644. The van der Waals surface area contributed by atoms with Gasteiger partial charge in [-0.1, -0.05) is 0 Å². The third-order valence-corrected chi connectivity index (χ3v) is 2.86. The van der Waals surface area contributed by atoms with Crippen LogP contribution in [0.25, 0.3) is 0 Å². The monoisotopic (exact) mass is 254 g/mol. The molecule has 0 amide bonds. The van der Waals surface area contributed by atoms with E-state index in [4.69, 9.17) is 10.5 Å². The fourth-order valence-corrected chi connectivity index (χ4v) is 1.67. The number of benzene rings is 1. The molecular weight excluding hydrogens is 239 g/mol. The summed E-state index contributed by atoms with van der Waals surface area (Å²) in [6.07, 6.45) is 1.08. The van der Waals surface area contributed by atoms with Gasteiger partial charge >= 0.3 is 5.97 Å². The van der Waals surface area contributed by atoms with Crippen molar-refractivity contribution in [2.75, 3.05) is 31.3 Å². The number of ether oxygens (including phenoxy) is 2. The molecule has 0 radical (unpaired) electrons. The number of methoxy groups -OCH3 is 1. The first kappa shape index (κ1) is 12.6. The van der Waals surface area contributed by atoms with E-state index in [2.05, 4.69) is 10.1 Å². The predicted molar refractivity (Wildman–Crippen MR) is 65.0 cm³/mol. The summed E-state index contributed by atoms with van der Waals surface area (Å²) in [4.78, 5) is 11.4.